The molecule has 0 amide bonds. The van der Waals surface area contributed by atoms with Crippen molar-refractivity contribution < 1.29 is 0 Å². The van der Waals surface area contributed by atoms with E-state index in [1.807, 2.05) is 18.2 Å². The summed E-state index contributed by atoms with van der Waals surface area (Å²) in [5.41, 5.74) is 10.3. The van der Waals surface area contributed by atoms with Gasteiger partial charge in [0.1, 0.15) is 0 Å². The van der Waals surface area contributed by atoms with Crippen molar-refractivity contribution in [3.63, 3.8) is 0 Å². The van der Waals surface area contributed by atoms with Crippen LogP contribution in [0.5, 0.6) is 0 Å². The Labute approximate surface area is 142 Å². The van der Waals surface area contributed by atoms with Crippen LogP contribution in [0.25, 0.3) is 34.7 Å². The molecule has 3 aromatic carbocycles. The van der Waals surface area contributed by atoms with Crippen molar-refractivity contribution in [2.75, 3.05) is 0 Å². The van der Waals surface area contributed by atoms with Crippen molar-refractivity contribution >= 4 is 34.7 Å². The topological polar surface area (TPSA) is 26.0 Å². The van der Waals surface area contributed by atoms with Gasteiger partial charge in [-0.15, -0.1) is 0 Å². The lowest BCUT2D eigenvalue weighted by Crippen LogP contribution is -2.26. The number of hydrogen-bond donors (Lipinski definition) is 1. The highest BCUT2D eigenvalue weighted by molar-refractivity contribution is 5.91. The lowest BCUT2D eigenvalue weighted by molar-refractivity contribution is 1.44. The molecule has 0 unspecified atom stereocenters. The maximum Gasteiger partial charge on any atom is 0.00498 e. The van der Waals surface area contributed by atoms with E-state index < -0.39 is 0 Å². The van der Waals surface area contributed by atoms with Crippen LogP contribution in [0.3, 0.4) is 0 Å². The Morgan fingerprint density at radius 2 is 1.83 bits per heavy atom. The first-order chi connectivity index (χ1) is 11.6. The number of aryl methyl sites for hydroxylation is 1. The summed E-state index contributed by atoms with van der Waals surface area (Å²) in [5.74, 6) is 0. The van der Waals surface area contributed by atoms with Gasteiger partial charge in [-0.2, -0.15) is 0 Å². The van der Waals surface area contributed by atoms with Crippen molar-refractivity contribution in [3.05, 3.63) is 94.9 Å². The fourth-order valence-corrected chi connectivity index (χ4v) is 3.03. The van der Waals surface area contributed by atoms with Crippen LogP contribution < -0.4 is 16.2 Å². The first-order valence-electron chi connectivity index (χ1n) is 7.98. The van der Waals surface area contributed by atoms with E-state index in [1.165, 1.54) is 10.9 Å². The van der Waals surface area contributed by atoms with Crippen molar-refractivity contribution in [1.82, 2.24) is 0 Å². The highest BCUT2D eigenvalue weighted by atomic mass is 14.5. The second-order valence-corrected chi connectivity index (χ2v) is 5.92. The minimum Gasteiger partial charge on any atom is -0.404 e. The van der Waals surface area contributed by atoms with Crippen molar-refractivity contribution in [1.29, 1.82) is 0 Å². The molecule has 0 saturated heterocycles. The number of fused-ring (bicyclic) bond motifs is 1. The summed E-state index contributed by atoms with van der Waals surface area (Å²) in [6, 6.07) is 18.8. The summed E-state index contributed by atoms with van der Waals surface area (Å²) in [5, 5.41) is 4.42. The maximum atomic E-state index is 5.92. The Hall–Kier alpha value is -3.06. The lowest BCUT2D eigenvalue weighted by atomic mass is 9.97. The Balaban J connectivity index is 2.21. The van der Waals surface area contributed by atoms with Crippen molar-refractivity contribution in [2.24, 2.45) is 5.73 Å². The second kappa shape index (κ2) is 6.59. The molecule has 0 radical (unpaired) electrons. The summed E-state index contributed by atoms with van der Waals surface area (Å²) in [4.78, 5) is 0. The van der Waals surface area contributed by atoms with Crippen LogP contribution in [0.1, 0.15) is 16.7 Å². The van der Waals surface area contributed by atoms with Gasteiger partial charge in [0.2, 0.25) is 0 Å². The number of benzene rings is 3. The van der Waals surface area contributed by atoms with Gasteiger partial charge in [0.15, 0.2) is 0 Å². The maximum absolute atomic E-state index is 5.92. The monoisotopic (exact) mass is 311 g/mol. The van der Waals surface area contributed by atoms with E-state index in [1.54, 1.807) is 6.20 Å². The van der Waals surface area contributed by atoms with Gasteiger partial charge in [-0.3, -0.25) is 0 Å². The molecular formula is C23H21N. The molecule has 0 saturated carbocycles. The van der Waals surface area contributed by atoms with Gasteiger partial charge < -0.3 is 5.73 Å². The summed E-state index contributed by atoms with van der Waals surface area (Å²) < 4.78 is 0. The van der Waals surface area contributed by atoms with Gasteiger partial charge in [-0.1, -0.05) is 79.4 Å². The molecule has 118 valence electrons. The molecule has 0 atom stereocenters. The molecule has 1 nitrogen and oxygen atoms in total. The molecule has 0 aliphatic carbocycles. The zero-order valence-electron chi connectivity index (χ0n) is 13.9. The summed E-state index contributed by atoms with van der Waals surface area (Å²) >= 11 is 0. The molecule has 0 heterocycles. The number of rotatable bonds is 3. The molecule has 24 heavy (non-hydrogen) atoms. The van der Waals surface area contributed by atoms with E-state index >= 15 is 0 Å². The van der Waals surface area contributed by atoms with E-state index in [0.717, 1.165) is 32.5 Å². The van der Waals surface area contributed by atoms with Crippen LogP contribution >= 0.6 is 0 Å². The molecule has 0 aromatic heterocycles. The zero-order chi connectivity index (χ0) is 17.1. The zero-order valence-corrected chi connectivity index (χ0v) is 13.9. The molecule has 0 fully saturated rings. The Morgan fingerprint density at radius 3 is 2.58 bits per heavy atom. The molecular weight excluding hydrogens is 290 g/mol. The minimum atomic E-state index is 0.947. The van der Waals surface area contributed by atoms with Gasteiger partial charge in [0.25, 0.3) is 0 Å². The molecule has 0 aliphatic heterocycles. The molecule has 0 spiro atoms. The van der Waals surface area contributed by atoms with Crippen LogP contribution in [-0.2, 0) is 0 Å². The fourth-order valence-electron chi connectivity index (χ4n) is 3.03. The van der Waals surface area contributed by atoms with Crippen LogP contribution in [0, 0.1) is 6.92 Å². The van der Waals surface area contributed by atoms with E-state index in [2.05, 4.69) is 68.6 Å². The third kappa shape index (κ3) is 2.89. The van der Waals surface area contributed by atoms with Crippen LogP contribution in [0.2, 0.25) is 0 Å². The van der Waals surface area contributed by atoms with Gasteiger partial charge >= 0.3 is 0 Å². The SMILES string of the molecule is C=Cc1cc(C)ccc1C(=C)/C=c1/ccc2ccccc2/c1=C/N. The average molecular weight is 311 g/mol. The summed E-state index contributed by atoms with van der Waals surface area (Å²) in [6.45, 7) is 10.2. The number of nitrogens with two attached hydrogens (primary N) is 1. The standard InChI is InChI=1S/C23H21N/c1-4-18-13-16(2)9-12-21(18)17(3)14-20-11-10-19-7-5-6-8-22(19)23(20)15-24/h4-15H,1,3,24H2,2H3/b20-14-,23-15+. The van der Waals surface area contributed by atoms with Gasteiger partial charge in [-0.05, 0) is 45.7 Å². The molecule has 0 aliphatic rings. The molecule has 3 aromatic rings. The van der Waals surface area contributed by atoms with E-state index in [0.29, 0.717) is 0 Å². The Morgan fingerprint density at radius 1 is 1.04 bits per heavy atom. The molecule has 2 N–H and O–H groups in total. The van der Waals surface area contributed by atoms with Crippen LogP contribution in [-0.4, -0.2) is 0 Å². The Kier molecular flexibility index (Phi) is 4.35. The van der Waals surface area contributed by atoms with Crippen LogP contribution in [0.4, 0.5) is 0 Å². The third-order valence-electron chi connectivity index (χ3n) is 4.27. The van der Waals surface area contributed by atoms with Crippen molar-refractivity contribution in [3.8, 4) is 0 Å². The van der Waals surface area contributed by atoms with Crippen LogP contribution in [0.15, 0.2) is 67.8 Å². The summed E-state index contributed by atoms with van der Waals surface area (Å²) in [7, 11) is 0. The largest absolute Gasteiger partial charge is 0.404 e. The molecule has 1 heteroatoms. The first kappa shape index (κ1) is 15.8. The fraction of sp³-hybridized carbons (Fsp3) is 0.0435. The van der Waals surface area contributed by atoms with E-state index in [4.69, 9.17) is 5.73 Å². The number of hydrogen-bond acceptors (Lipinski definition) is 1. The lowest BCUT2D eigenvalue weighted by Gasteiger charge is -2.08. The molecule has 3 rings (SSSR count). The van der Waals surface area contributed by atoms with Gasteiger partial charge in [0, 0.05) is 11.4 Å². The second-order valence-electron chi connectivity index (χ2n) is 5.92. The van der Waals surface area contributed by atoms with E-state index in [-0.39, 0.29) is 0 Å². The van der Waals surface area contributed by atoms with Gasteiger partial charge in [0.05, 0.1) is 0 Å². The van der Waals surface area contributed by atoms with E-state index in [9.17, 15) is 0 Å². The smallest absolute Gasteiger partial charge is 0.00498 e. The highest BCUT2D eigenvalue weighted by Gasteiger charge is 2.03. The normalized spacial score (nSPS) is 12.5. The first-order valence-corrected chi connectivity index (χ1v) is 7.98. The predicted octanol–water partition coefficient (Wildman–Crippen LogP) is 3.98. The Bertz CT molecular complexity index is 1060. The highest BCUT2D eigenvalue weighted by Crippen LogP contribution is 2.21. The average Bonchev–Trinajstić information content (AvgIpc) is 2.61. The third-order valence-corrected chi connectivity index (χ3v) is 4.27. The number of allylic oxidation sites excluding steroid dienone is 1. The van der Waals surface area contributed by atoms with Crippen molar-refractivity contribution in [2.45, 2.75) is 6.92 Å². The summed E-state index contributed by atoms with van der Waals surface area (Å²) in [6.07, 6.45) is 5.63. The quantitative estimate of drug-likeness (QED) is 0.778. The van der Waals surface area contributed by atoms with Gasteiger partial charge in [-0.25, -0.2) is 0 Å². The predicted molar refractivity (Wildman–Crippen MR) is 107 cm³/mol. The molecule has 0 bridgehead atoms. The minimum absolute atomic E-state index is 0.947.